The van der Waals surface area contributed by atoms with E-state index < -0.39 is 0 Å². The summed E-state index contributed by atoms with van der Waals surface area (Å²) in [4.78, 5) is 2.35. The van der Waals surface area contributed by atoms with Crippen molar-refractivity contribution in [1.29, 1.82) is 0 Å². The van der Waals surface area contributed by atoms with Gasteiger partial charge < -0.3 is 9.84 Å². The molecule has 3 heteroatoms. The van der Waals surface area contributed by atoms with Gasteiger partial charge in [-0.3, -0.25) is 4.90 Å². The topological polar surface area (TPSA) is 32.7 Å². The molecule has 0 aliphatic carbocycles. The lowest BCUT2D eigenvalue weighted by atomic mass is 10.2. The Bertz CT molecular complexity index is 323. The van der Waals surface area contributed by atoms with Gasteiger partial charge >= 0.3 is 0 Å². The highest BCUT2D eigenvalue weighted by molar-refractivity contribution is 5.27. The Kier molecular flexibility index (Phi) is 3.80. The first-order valence-corrected chi connectivity index (χ1v) is 5.81. The third kappa shape index (κ3) is 2.54. The van der Waals surface area contributed by atoms with E-state index in [2.05, 4.69) is 17.0 Å². The van der Waals surface area contributed by atoms with Gasteiger partial charge in [0, 0.05) is 12.6 Å². The second-order valence-electron chi connectivity index (χ2n) is 4.30. The van der Waals surface area contributed by atoms with Crippen LogP contribution in [-0.2, 0) is 6.54 Å². The van der Waals surface area contributed by atoms with Crippen molar-refractivity contribution in [3.05, 3.63) is 29.8 Å². The van der Waals surface area contributed by atoms with Crippen LogP contribution in [-0.4, -0.2) is 36.3 Å². The molecule has 1 atom stereocenters. The first-order chi connectivity index (χ1) is 7.83. The van der Waals surface area contributed by atoms with E-state index in [1.54, 1.807) is 7.11 Å². The first-order valence-electron chi connectivity index (χ1n) is 5.81. The monoisotopic (exact) mass is 221 g/mol. The number of rotatable bonds is 4. The van der Waals surface area contributed by atoms with Gasteiger partial charge in [0.2, 0.25) is 0 Å². The molecule has 0 aromatic heterocycles. The van der Waals surface area contributed by atoms with Gasteiger partial charge in [-0.05, 0) is 37.1 Å². The molecule has 16 heavy (non-hydrogen) atoms. The molecule has 1 aliphatic rings. The first kappa shape index (κ1) is 11.4. The third-order valence-electron chi connectivity index (χ3n) is 3.25. The van der Waals surface area contributed by atoms with Crippen molar-refractivity contribution >= 4 is 0 Å². The van der Waals surface area contributed by atoms with Crippen LogP contribution in [0, 0.1) is 0 Å². The van der Waals surface area contributed by atoms with Crippen LogP contribution >= 0.6 is 0 Å². The predicted octanol–water partition coefficient (Wildman–Crippen LogP) is 1.65. The minimum absolute atomic E-state index is 0.274. The fourth-order valence-corrected chi connectivity index (χ4v) is 2.28. The molecule has 1 saturated heterocycles. The molecule has 1 N–H and O–H groups in total. The van der Waals surface area contributed by atoms with Crippen molar-refractivity contribution in [3.63, 3.8) is 0 Å². The van der Waals surface area contributed by atoms with E-state index in [1.165, 1.54) is 12.0 Å². The van der Waals surface area contributed by atoms with Crippen molar-refractivity contribution in [2.45, 2.75) is 25.4 Å². The largest absolute Gasteiger partial charge is 0.497 e. The fraction of sp³-hybridized carbons (Fsp3) is 0.538. The zero-order chi connectivity index (χ0) is 11.4. The Morgan fingerprint density at radius 1 is 1.38 bits per heavy atom. The molecule has 1 heterocycles. The lowest BCUT2D eigenvalue weighted by Gasteiger charge is -2.22. The molecule has 88 valence electrons. The molecule has 2 rings (SSSR count). The third-order valence-corrected chi connectivity index (χ3v) is 3.25. The van der Waals surface area contributed by atoms with E-state index in [-0.39, 0.29) is 6.61 Å². The summed E-state index contributed by atoms with van der Waals surface area (Å²) in [5, 5.41) is 9.23. The number of aliphatic hydroxyl groups excluding tert-OH is 1. The standard InChI is InChI=1S/C13H19NO2/c1-16-13-6-4-11(5-7-13)9-14-8-2-3-12(14)10-15/h4-7,12,15H,2-3,8-10H2,1H3/t12-/m0/s1. The molecule has 1 fully saturated rings. The summed E-state index contributed by atoms with van der Waals surface area (Å²) in [7, 11) is 1.68. The van der Waals surface area contributed by atoms with Crippen LogP contribution in [0.25, 0.3) is 0 Å². The highest BCUT2D eigenvalue weighted by Crippen LogP contribution is 2.20. The predicted molar refractivity (Wildman–Crippen MR) is 63.5 cm³/mol. The van der Waals surface area contributed by atoms with Gasteiger partial charge in [-0.25, -0.2) is 0 Å². The van der Waals surface area contributed by atoms with Crippen molar-refractivity contribution in [2.75, 3.05) is 20.3 Å². The summed E-state index contributed by atoms with van der Waals surface area (Å²) in [5.74, 6) is 0.892. The van der Waals surface area contributed by atoms with Crippen molar-refractivity contribution in [1.82, 2.24) is 4.90 Å². The molecule has 0 bridgehead atoms. The number of hydrogen-bond donors (Lipinski definition) is 1. The minimum atomic E-state index is 0.274. The SMILES string of the molecule is COc1ccc(CN2CCC[C@H]2CO)cc1. The normalized spacial score (nSPS) is 21.2. The number of benzene rings is 1. The number of methoxy groups -OCH3 is 1. The number of ether oxygens (including phenoxy) is 1. The summed E-state index contributed by atoms with van der Waals surface area (Å²) < 4.78 is 5.13. The Balaban J connectivity index is 1.97. The summed E-state index contributed by atoms with van der Waals surface area (Å²) in [5.41, 5.74) is 1.28. The van der Waals surface area contributed by atoms with E-state index in [1.807, 2.05) is 12.1 Å². The smallest absolute Gasteiger partial charge is 0.118 e. The van der Waals surface area contributed by atoms with Crippen LogP contribution in [0.5, 0.6) is 5.75 Å². The average molecular weight is 221 g/mol. The minimum Gasteiger partial charge on any atom is -0.497 e. The lowest BCUT2D eigenvalue weighted by molar-refractivity contribution is 0.153. The van der Waals surface area contributed by atoms with Gasteiger partial charge in [0.15, 0.2) is 0 Å². The number of aliphatic hydroxyl groups is 1. The van der Waals surface area contributed by atoms with Crippen LogP contribution in [0.3, 0.4) is 0 Å². The molecular formula is C13H19NO2. The molecule has 0 radical (unpaired) electrons. The van der Waals surface area contributed by atoms with Crippen molar-refractivity contribution in [2.24, 2.45) is 0 Å². The van der Waals surface area contributed by atoms with E-state index in [0.29, 0.717) is 6.04 Å². The van der Waals surface area contributed by atoms with E-state index in [4.69, 9.17) is 4.74 Å². The highest BCUT2D eigenvalue weighted by atomic mass is 16.5. The van der Waals surface area contributed by atoms with E-state index in [0.717, 1.165) is 25.3 Å². The van der Waals surface area contributed by atoms with Crippen LogP contribution in [0.2, 0.25) is 0 Å². The maximum Gasteiger partial charge on any atom is 0.118 e. The van der Waals surface area contributed by atoms with Crippen LogP contribution in [0.15, 0.2) is 24.3 Å². The van der Waals surface area contributed by atoms with Crippen LogP contribution in [0.4, 0.5) is 0 Å². The summed E-state index contributed by atoms with van der Waals surface area (Å²) in [6, 6.07) is 8.50. The second-order valence-corrected chi connectivity index (χ2v) is 4.30. The van der Waals surface area contributed by atoms with Gasteiger partial charge in [0.1, 0.15) is 5.75 Å². The highest BCUT2D eigenvalue weighted by Gasteiger charge is 2.23. The van der Waals surface area contributed by atoms with E-state index in [9.17, 15) is 5.11 Å². The van der Waals surface area contributed by atoms with E-state index >= 15 is 0 Å². The quantitative estimate of drug-likeness (QED) is 0.839. The zero-order valence-corrected chi connectivity index (χ0v) is 9.72. The van der Waals surface area contributed by atoms with Crippen molar-refractivity contribution < 1.29 is 9.84 Å². The Hall–Kier alpha value is -1.06. The molecule has 0 unspecified atom stereocenters. The lowest BCUT2D eigenvalue weighted by Crippen LogP contribution is -2.31. The molecule has 0 spiro atoms. The maximum atomic E-state index is 9.23. The second kappa shape index (κ2) is 5.32. The summed E-state index contributed by atoms with van der Waals surface area (Å²) in [6.45, 7) is 2.29. The van der Waals surface area contributed by atoms with Gasteiger partial charge in [-0.15, -0.1) is 0 Å². The van der Waals surface area contributed by atoms with Gasteiger partial charge in [0.05, 0.1) is 13.7 Å². The van der Waals surface area contributed by atoms with Crippen LogP contribution < -0.4 is 4.74 Å². The van der Waals surface area contributed by atoms with Crippen LogP contribution in [0.1, 0.15) is 18.4 Å². The van der Waals surface area contributed by atoms with Crippen molar-refractivity contribution in [3.8, 4) is 5.75 Å². The fourth-order valence-electron chi connectivity index (χ4n) is 2.28. The Labute approximate surface area is 96.6 Å². The number of likely N-dealkylation sites (tertiary alicyclic amines) is 1. The molecule has 1 aromatic rings. The Morgan fingerprint density at radius 2 is 2.12 bits per heavy atom. The molecule has 1 aromatic carbocycles. The van der Waals surface area contributed by atoms with Gasteiger partial charge in [-0.1, -0.05) is 12.1 Å². The number of hydrogen-bond acceptors (Lipinski definition) is 3. The molecule has 1 aliphatic heterocycles. The molecule has 0 saturated carbocycles. The van der Waals surface area contributed by atoms with Gasteiger partial charge in [-0.2, -0.15) is 0 Å². The number of nitrogens with zero attached hydrogens (tertiary/aromatic N) is 1. The molecule has 0 amide bonds. The summed E-state index contributed by atoms with van der Waals surface area (Å²) >= 11 is 0. The zero-order valence-electron chi connectivity index (χ0n) is 9.72. The summed E-state index contributed by atoms with van der Waals surface area (Å²) in [6.07, 6.45) is 2.31. The average Bonchev–Trinajstić information content (AvgIpc) is 2.77. The Morgan fingerprint density at radius 3 is 2.75 bits per heavy atom. The maximum absolute atomic E-state index is 9.23. The van der Waals surface area contributed by atoms with Gasteiger partial charge in [0.25, 0.3) is 0 Å². The molecule has 3 nitrogen and oxygen atoms in total. The molecular weight excluding hydrogens is 202 g/mol.